The van der Waals surface area contributed by atoms with Gasteiger partial charge < -0.3 is 5.32 Å². The van der Waals surface area contributed by atoms with Crippen molar-refractivity contribution < 1.29 is 19.2 Å². The Morgan fingerprint density at radius 1 is 1.15 bits per heavy atom. The van der Waals surface area contributed by atoms with Crippen molar-refractivity contribution in [3.05, 3.63) is 46.0 Å². The molecule has 1 aromatic heterocycles. The van der Waals surface area contributed by atoms with Gasteiger partial charge in [0.25, 0.3) is 11.8 Å². The predicted octanol–water partition coefficient (Wildman–Crippen LogP) is 2.67. The van der Waals surface area contributed by atoms with E-state index in [0.29, 0.717) is 33.3 Å². The quantitative estimate of drug-likeness (QED) is 0.622. The van der Waals surface area contributed by atoms with Crippen LogP contribution in [0.1, 0.15) is 55.8 Å². The molecule has 0 atom stereocenters. The maximum atomic E-state index is 12.2. The fourth-order valence-electron chi connectivity index (χ4n) is 2.80. The summed E-state index contributed by atoms with van der Waals surface area (Å²) in [4.78, 5) is 53.8. The number of rotatable bonds is 6. The lowest BCUT2D eigenvalue weighted by molar-refractivity contribution is -0.116. The maximum absolute atomic E-state index is 12.2. The van der Waals surface area contributed by atoms with E-state index in [1.54, 1.807) is 31.2 Å². The molecule has 0 saturated carbocycles. The number of aryl methyl sites for hydroxylation is 1. The molecule has 0 saturated heterocycles. The van der Waals surface area contributed by atoms with Crippen molar-refractivity contribution in [1.29, 1.82) is 0 Å². The number of anilines is 1. The third-order valence-electron chi connectivity index (χ3n) is 4.03. The summed E-state index contributed by atoms with van der Waals surface area (Å²) in [7, 11) is 0. The van der Waals surface area contributed by atoms with Crippen LogP contribution in [0.3, 0.4) is 0 Å². The standard InChI is InChI=1S/C18H17N3O4S/c1-10-15(11(2)22)26-18(19-10)20-14(23)8-5-9-21-16(24)12-6-3-4-7-13(12)17(21)25/h3-4,6-7H,5,8-9H2,1-2H3,(H,19,20,23). The van der Waals surface area contributed by atoms with Crippen LogP contribution in [0.5, 0.6) is 0 Å². The molecular weight excluding hydrogens is 354 g/mol. The Hall–Kier alpha value is -2.87. The summed E-state index contributed by atoms with van der Waals surface area (Å²) >= 11 is 1.14. The molecule has 134 valence electrons. The molecule has 1 aliphatic rings. The number of nitrogens with zero attached hydrogens (tertiary/aromatic N) is 2. The van der Waals surface area contributed by atoms with Gasteiger partial charge in [-0.3, -0.25) is 24.1 Å². The molecule has 0 spiro atoms. The number of carbonyl (C=O) groups is 4. The molecule has 0 radical (unpaired) electrons. The zero-order valence-electron chi connectivity index (χ0n) is 14.4. The molecule has 0 aliphatic carbocycles. The van der Waals surface area contributed by atoms with E-state index in [0.717, 1.165) is 11.3 Å². The Bertz CT molecular complexity index is 884. The molecule has 3 rings (SSSR count). The summed E-state index contributed by atoms with van der Waals surface area (Å²) in [6, 6.07) is 6.68. The molecular formula is C18H17N3O4S. The Morgan fingerprint density at radius 3 is 2.31 bits per heavy atom. The lowest BCUT2D eigenvalue weighted by atomic mass is 10.1. The lowest BCUT2D eigenvalue weighted by Crippen LogP contribution is -2.31. The summed E-state index contributed by atoms with van der Waals surface area (Å²) in [6.45, 7) is 3.34. The predicted molar refractivity (Wildman–Crippen MR) is 96.5 cm³/mol. The van der Waals surface area contributed by atoms with Crippen molar-refractivity contribution >= 4 is 40.0 Å². The second-order valence-corrected chi connectivity index (χ2v) is 6.95. The van der Waals surface area contributed by atoms with E-state index in [9.17, 15) is 19.2 Å². The molecule has 1 N–H and O–H groups in total. The van der Waals surface area contributed by atoms with Crippen LogP contribution in [0.25, 0.3) is 0 Å². The lowest BCUT2D eigenvalue weighted by Gasteiger charge is -2.13. The number of hydrogen-bond acceptors (Lipinski definition) is 6. The van der Waals surface area contributed by atoms with Gasteiger partial charge in [0.2, 0.25) is 5.91 Å². The highest BCUT2D eigenvalue weighted by atomic mass is 32.1. The van der Waals surface area contributed by atoms with Gasteiger partial charge in [0.05, 0.1) is 21.7 Å². The van der Waals surface area contributed by atoms with Gasteiger partial charge in [0, 0.05) is 19.9 Å². The number of thiazole rings is 1. The minimum atomic E-state index is -0.326. The Kier molecular flexibility index (Phi) is 4.94. The van der Waals surface area contributed by atoms with Crippen LogP contribution >= 0.6 is 11.3 Å². The summed E-state index contributed by atoms with van der Waals surface area (Å²) in [6.07, 6.45) is 0.489. The number of hydrogen-bond donors (Lipinski definition) is 1. The van der Waals surface area contributed by atoms with Gasteiger partial charge in [0.15, 0.2) is 10.9 Å². The van der Waals surface area contributed by atoms with E-state index >= 15 is 0 Å². The third-order valence-corrected chi connectivity index (χ3v) is 5.20. The zero-order valence-corrected chi connectivity index (χ0v) is 15.2. The van der Waals surface area contributed by atoms with E-state index in [1.807, 2.05) is 0 Å². The van der Waals surface area contributed by atoms with Crippen LogP contribution in [0.15, 0.2) is 24.3 Å². The van der Waals surface area contributed by atoms with Crippen molar-refractivity contribution in [2.75, 3.05) is 11.9 Å². The molecule has 1 aliphatic heterocycles. The van der Waals surface area contributed by atoms with E-state index in [1.165, 1.54) is 11.8 Å². The Labute approximate surface area is 154 Å². The monoisotopic (exact) mass is 371 g/mol. The number of carbonyl (C=O) groups excluding carboxylic acids is 4. The van der Waals surface area contributed by atoms with Crippen LogP contribution in [0, 0.1) is 6.92 Å². The SMILES string of the molecule is CC(=O)c1sc(NC(=O)CCCN2C(=O)c3ccccc3C2=O)nc1C. The summed E-state index contributed by atoms with van der Waals surface area (Å²) < 4.78 is 0. The maximum Gasteiger partial charge on any atom is 0.261 e. The van der Waals surface area contributed by atoms with Gasteiger partial charge in [-0.25, -0.2) is 4.98 Å². The van der Waals surface area contributed by atoms with Crippen LogP contribution in [0.4, 0.5) is 5.13 Å². The molecule has 3 amide bonds. The highest BCUT2D eigenvalue weighted by Gasteiger charge is 2.34. The topological polar surface area (TPSA) is 96.4 Å². The van der Waals surface area contributed by atoms with Crippen LogP contribution in [0.2, 0.25) is 0 Å². The largest absolute Gasteiger partial charge is 0.302 e. The Balaban J connectivity index is 1.53. The van der Waals surface area contributed by atoms with Crippen molar-refractivity contribution in [3.63, 3.8) is 0 Å². The molecule has 26 heavy (non-hydrogen) atoms. The van der Waals surface area contributed by atoms with Gasteiger partial charge in [-0.2, -0.15) is 0 Å². The number of imide groups is 1. The first-order valence-electron chi connectivity index (χ1n) is 8.12. The number of aromatic nitrogens is 1. The first-order valence-corrected chi connectivity index (χ1v) is 8.93. The average Bonchev–Trinajstić information content (AvgIpc) is 3.08. The van der Waals surface area contributed by atoms with Gasteiger partial charge in [-0.1, -0.05) is 23.5 Å². The smallest absolute Gasteiger partial charge is 0.261 e. The van der Waals surface area contributed by atoms with Gasteiger partial charge in [0.1, 0.15) is 0 Å². The van der Waals surface area contributed by atoms with Gasteiger partial charge in [-0.05, 0) is 25.5 Å². The molecule has 0 fully saturated rings. The molecule has 0 unspecified atom stereocenters. The van der Waals surface area contributed by atoms with E-state index in [4.69, 9.17) is 0 Å². The normalized spacial score (nSPS) is 13.1. The highest BCUT2D eigenvalue weighted by Crippen LogP contribution is 2.24. The second kappa shape index (κ2) is 7.17. The molecule has 2 aromatic rings. The number of Topliss-reactive ketones (excluding diaryl/α,β-unsaturated/α-hetero) is 1. The van der Waals surface area contributed by atoms with E-state index in [-0.39, 0.29) is 36.5 Å². The number of benzene rings is 1. The van der Waals surface area contributed by atoms with Gasteiger partial charge >= 0.3 is 0 Å². The van der Waals surface area contributed by atoms with Crippen molar-refractivity contribution in [2.45, 2.75) is 26.7 Å². The molecule has 1 aromatic carbocycles. The van der Waals surface area contributed by atoms with E-state index in [2.05, 4.69) is 10.3 Å². The minimum absolute atomic E-state index is 0.0916. The molecule has 7 nitrogen and oxygen atoms in total. The molecule has 2 heterocycles. The van der Waals surface area contributed by atoms with Crippen molar-refractivity contribution in [3.8, 4) is 0 Å². The van der Waals surface area contributed by atoms with Crippen LogP contribution in [-0.4, -0.2) is 39.9 Å². The van der Waals surface area contributed by atoms with E-state index < -0.39 is 0 Å². The summed E-state index contributed by atoms with van der Waals surface area (Å²) in [5.74, 6) is -1.02. The van der Waals surface area contributed by atoms with Crippen LogP contribution < -0.4 is 5.32 Å². The van der Waals surface area contributed by atoms with Crippen molar-refractivity contribution in [1.82, 2.24) is 9.88 Å². The number of nitrogens with one attached hydrogen (secondary N) is 1. The number of amides is 3. The summed E-state index contributed by atoms with van der Waals surface area (Å²) in [5, 5.41) is 3.02. The first kappa shape index (κ1) is 17.9. The highest BCUT2D eigenvalue weighted by molar-refractivity contribution is 7.17. The zero-order chi connectivity index (χ0) is 18.8. The second-order valence-electron chi connectivity index (χ2n) is 5.95. The summed E-state index contributed by atoms with van der Waals surface area (Å²) in [5.41, 5.74) is 1.39. The average molecular weight is 371 g/mol. The molecule has 0 bridgehead atoms. The van der Waals surface area contributed by atoms with Crippen molar-refractivity contribution in [2.24, 2.45) is 0 Å². The number of fused-ring (bicyclic) bond motifs is 1. The fraction of sp³-hybridized carbons (Fsp3) is 0.278. The van der Waals surface area contributed by atoms with Crippen LogP contribution in [-0.2, 0) is 4.79 Å². The fourth-order valence-corrected chi connectivity index (χ4v) is 3.68. The number of ketones is 1. The first-order chi connectivity index (χ1) is 12.4. The molecule has 8 heteroatoms. The van der Waals surface area contributed by atoms with Gasteiger partial charge in [-0.15, -0.1) is 0 Å². The Morgan fingerprint density at radius 2 is 1.77 bits per heavy atom. The minimum Gasteiger partial charge on any atom is -0.302 e. The third kappa shape index (κ3) is 3.41.